The zero-order valence-electron chi connectivity index (χ0n) is 14.5. The molecular formula is C20H18N2OS3. The molecule has 0 unspecified atom stereocenters. The third-order valence-electron chi connectivity index (χ3n) is 4.03. The SMILES string of the molecule is CC(=O)C1=C(C)NC(SCSc2ccccc2)=C(C#N)[C@H]1c1cccs1. The van der Waals surface area contributed by atoms with Crippen molar-refractivity contribution in [2.24, 2.45) is 0 Å². The summed E-state index contributed by atoms with van der Waals surface area (Å²) in [4.78, 5) is 14.5. The highest BCUT2D eigenvalue weighted by atomic mass is 32.2. The van der Waals surface area contributed by atoms with Gasteiger partial charge in [0, 0.05) is 21.0 Å². The smallest absolute Gasteiger partial charge is 0.158 e. The van der Waals surface area contributed by atoms with E-state index in [1.807, 2.05) is 42.6 Å². The Kier molecular flexibility index (Phi) is 6.25. The van der Waals surface area contributed by atoms with Gasteiger partial charge >= 0.3 is 0 Å². The Balaban J connectivity index is 1.87. The zero-order chi connectivity index (χ0) is 18.5. The molecule has 0 saturated carbocycles. The average molecular weight is 399 g/mol. The summed E-state index contributed by atoms with van der Waals surface area (Å²) in [5.74, 6) is -0.271. The molecule has 3 nitrogen and oxygen atoms in total. The minimum Gasteiger partial charge on any atom is -0.353 e. The second-order valence-corrected chi connectivity index (χ2v) is 9.12. The predicted molar refractivity (Wildman–Crippen MR) is 111 cm³/mol. The summed E-state index contributed by atoms with van der Waals surface area (Å²) in [7, 11) is 0. The third kappa shape index (κ3) is 4.07. The Labute approximate surface area is 166 Å². The summed E-state index contributed by atoms with van der Waals surface area (Å²) in [6, 6.07) is 16.5. The lowest BCUT2D eigenvalue weighted by Gasteiger charge is -2.28. The van der Waals surface area contributed by atoms with Gasteiger partial charge < -0.3 is 5.32 Å². The highest BCUT2D eigenvalue weighted by molar-refractivity contribution is 8.17. The highest BCUT2D eigenvalue weighted by Gasteiger charge is 2.33. The normalized spacial score (nSPS) is 17.0. The van der Waals surface area contributed by atoms with E-state index in [1.165, 1.54) is 4.90 Å². The van der Waals surface area contributed by atoms with Crippen LogP contribution >= 0.6 is 34.9 Å². The molecule has 132 valence electrons. The molecule has 0 bridgehead atoms. The van der Waals surface area contributed by atoms with Gasteiger partial charge in [-0.3, -0.25) is 4.79 Å². The van der Waals surface area contributed by atoms with Crippen molar-refractivity contribution in [3.05, 3.63) is 74.6 Å². The third-order valence-corrected chi connectivity index (χ3v) is 7.12. The van der Waals surface area contributed by atoms with Gasteiger partial charge in [0.25, 0.3) is 0 Å². The number of hydrogen-bond acceptors (Lipinski definition) is 6. The van der Waals surface area contributed by atoms with Crippen molar-refractivity contribution >= 4 is 40.6 Å². The van der Waals surface area contributed by atoms with Crippen molar-refractivity contribution in [3.8, 4) is 6.07 Å². The Morgan fingerprint density at radius 2 is 2.00 bits per heavy atom. The van der Waals surface area contributed by atoms with Gasteiger partial charge in [-0.1, -0.05) is 36.0 Å². The van der Waals surface area contributed by atoms with Crippen molar-refractivity contribution < 1.29 is 4.79 Å². The molecule has 1 aromatic carbocycles. The molecular weight excluding hydrogens is 380 g/mol. The Morgan fingerprint density at radius 3 is 2.62 bits per heavy atom. The largest absolute Gasteiger partial charge is 0.353 e. The summed E-state index contributed by atoms with van der Waals surface area (Å²) < 4.78 is 0. The number of thioether (sulfide) groups is 2. The molecule has 0 spiro atoms. The number of allylic oxidation sites excluding steroid dienone is 3. The van der Waals surface area contributed by atoms with E-state index < -0.39 is 0 Å². The van der Waals surface area contributed by atoms with E-state index >= 15 is 0 Å². The minimum absolute atomic E-state index is 0.00357. The van der Waals surface area contributed by atoms with Crippen LogP contribution in [0.15, 0.2) is 74.6 Å². The molecule has 0 saturated heterocycles. The Hall–Kier alpha value is -1.94. The molecule has 2 heterocycles. The number of nitrogens with one attached hydrogen (secondary N) is 1. The lowest BCUT2D eigenvalue weighted by Crippen LogP contribution is -2.26. The number of ketones is 1. The Bertz CT molecular complexity index is 893. The first-order chi connectivity index (χ1) is 12.6. The maximum absolute atomic E-state index is 12.2. The fraction of sp³-hybridized carbons (Fsp3) is 0.200. The van der Waals surface area contributed by atoms with Crippen LogP contribution in [-0.4, -0.2) is 10.9 Å². The average Bonchev–Trinajstić information content (AvgIpc) is 3.16. The van der Waals surface area contributed by atoms with Gasteiger partial charge in [-0.2, -0.15) is 5.26 Å². The number of nitriles is 1. The first-order valence-electron chi connectivity index (χ1n) is 8.09. The molecule has 2 aromatic rings. The first-order valence-corrected chi connectivity index (χ1v) is 10.9. The number of Topliss-reactive ketones (excluding diaryl/α,β-unsaturated/α-hetero) is 1. The van der Waals surface area contributed by atoms with Crippen molar-refractivity contribution in [1.82, 2.24) is 5.32 Å². The number of hydrogen-bond donors (Lipinski definition) is 1. The van der Waals surface area contributed by atoms with Crippen LogP contribution in [0.5, 0.6) is 0 Å². The molecule has 1 aliphatic heterocycles. The molecule has 26 heavy (non-hydrogen) atoms. The van der Waals surface area contributed by atoms with E-state index in [2.05, 4.69) is 23.5 Å². The number of dihydropyridines is 1. The summed E-state index contributed by atoms with van der Waals surface area (Å²) in [5, 5.41) is 16.7. The second kappa shape index (κ2) is 8.63. The molecule has 6 heteroatoms. The number of nitrogens with zero attached hydrogens (tertiary/aromatic N) is 1. The van der Waals surface area contributed by atoms with Crippen LogP contribution in [0, 0.1) is 11.3 Å². The lowest BCUT2D eigenvalue weighted by atomic mass is 9.85. The van der Waals surface area contributed by atoms with E-state index in [1.54, 1.807) is 41.8 Å². The van der Waals surface area contributed by atoms with Crippen molar-refractivity contribution in [2.45, 2.75) is 24.7 Å². The van der Waals surface area contributed by atoms with Crippen LogP contribution in [-0.2, 0) is 4.79 Å². The Morgan fingerprint density at radius 1 is 1.23 bits per heavy atom. The molecule has 0 fully saturated rings. The number of rotatable bonds is 6. The van der Waals surface area contributed by atoms with Gasteiger partial charge in [0.1, 0.15) is 0 Å². The standard InChI is InChI=1S/C20H18N2OS3/c1-13-18(14(2)23)19(17-9-6-10-24-17)16(11-21)20(22-13)26-12-25-15-7-4-3-5-8-15/h3-10,19,22H,12H2,1-2H3/t19-/m0/s1. The highest BCUT2D eigenvalue weighted by Crippen LogP contribution is 2.43. The molecule has 0 amide bonds. The van der Waals surface area contributed by atoms with Crippen molar-refractivity contribution in [1.29, 1.82) is 5.26 Å². The minimum atomic E-state index is -0.275. The van der Waals surface area contributed by atoms with E-state index in [9.17, 15) is 10.1 Å². The fourth-order valence-electron chi connectivity index (χ4n) is 2.91. The van der Waals surface area contributed by atoms with E-state index in [-0.39, 0.29) is 11.7 Å². The van der Waals surface area contributed by atoms with Crippen LogP contribution in [0.2, 0.25) is 0 Å². The number of benzene rings is 1. The van der Waals surface area contributed by atoms with Gasteiger partial charge in [-0.15, -0.1) is 23.1 Å². The van der Waals surface area contributed by atoms with Gasteiger partial charge in [-0.25, -0.2) is 0 Å². The predicted octanol–water partition coefficient (Wildman–Crippen LogP) is 5.52. The maximum atomic E-state index is 12.2. The van der Waals surface area contributed by atoms with Gasteiger partial charge in [0.15, 0.2) is 5.78 Å². The maximum Gasteiger partial charge on any atom is 0.158 e. The summed E-state index contributed by atoms with van der Waals surface area (Å²) in [6.45, 7) is 3.48. The summed E-state index contributed by atoms with van der Waals surface area (Å²) >= 11 is 4.92. The summed E-state index contributed by atoms with van der Waals surface area (Å²) in [5.41, 5.74) is 2.15. The first kappa shape index (κ1) is 18.8. The van der Waals surface area contributed by atoms with E-state index in [4.69, 9.17) is 0 Å². The fourth-order valence-corrected chi connectivity index (χ4v) is 5.90. The molecule has 1 atom stereocenters. The van der Waals surface area contributed by atoms with Crippen molar-refractivity contribution in [3.63, 3.8) is 0 Å². The molecule has 0 aliphatic carbocycles. The number of carbonyl (C=O) groups is 1. The van der Waals surface area contributed by atoms with Crippen LogP contribution < -0.4 is 5.32 Å². The molecule has 1 aromatic heterocycles. The van der Waals surface area contributed by atoms with Crippen LogP contribution in [0.1, 0.15) is 24.6 Å². The number of thiophene rings is 1. The molecule has 0 radical (unpaired) electrons. The van der Waals surface area contributed by atoms with Gasteiger partial charge in [-0.05, 0) is 37.4 Å². The topological polar surface area (TPSA) is 52.9 Å². The quantitative estimate of drug-likeness (QED) is 0.513. The zero-order valence-corrected chi connectivity index (χ0v) is 16.9. The van der Waals surface area contributed by atoms with E-state index in [0.29, 0.717) is 11.1 Å². The molecule has 3 rings (SSSR count). The van der Waals surface area contributed by atoms with E-state index in [0.717, 1.165) is 20.7 Å². The summed E-state index contributed by atoms with van der Waals surface area (Å²) in [6.07, 6.45) is 0. The van der Waals surface area contributed by atoms with Gasteiger partial charge in [0.2, 0.25) is 0 Å². The van der Waals surface area contributed by atoms with Gasteiger partial charge in [0.05, 0.1) is 27.7 Å². The second-order valence-electron chi connectivity index (χ2n) is 5.74. The monoisotopic (exact) mass is 398 g/mol. The molecule has 1 N–H and O–H groups in total. The number of carbonyl (C=O) groups excluding carboxylic acids is 1. The van der Waals surface area contributed by atoms with Crippen molar-refractivity contribution in [2.75, 3.05) is 5.08 Å². The molecule has 1 aliphatic rings. The van der Waals surface area contributed by atoms with Crippen LogP contribution in [0.3, 0.4) is 0 Å². The van der Waals surface area contributed by atoms with Crippen LogP contribution in [0.4, 0.5) is 0 Å². The van der Waals surface area contributed by atoms with Crippen LogP contribution in [0.25, 0.3) is 0 Å². The lowest BCUT2D eigenvalue weighted by molar-refractivity contribution is -0.113.